The molecule has 2 aromatic rings. The van der Waals surface area contributed by atoms with Gasteiger partial charge in [-0.1, -0.05) is 23.2 Å². The lowest BCUT2D eigenvalue weighted by Crippen LogP contribution is -2.39. The van der Waals surface area contributed by atoms with Crippen molar-refractivity contribution in [3.05, 3.63) is 44.9 Å². The van der Waals surface area contributed by atoms with Crippen LogP contribution in [0.5, 0.6) is 5.88 Å². The van der Waals surface area contributed by atoms with Crippen molar-refractivity contribution in [1.82, 2.24) is 14.5 Å². The molecule has 1 amide bonds. The first-order valence-electron chi connectivity index (χ1n) is 6.10. The molecule has 0 fully saturated rings. The standard InChI is InChI=1S/C13H13Cl2N3O3/c1-7(2)16-12(20)17-6-11(19)18(13(17)21)10-4-8(14)3-9(15)5-10/h3-7,19H,1-2H3,(H,16,20). The van der Waals surface area contributed by atoms with Gasteiger partial charge in [0.05, 0.1) is 11.9 Å². The number of benzene rings is 1. The molecule has 1 aromatic heterocycles. The summed E-state index contributed by atoms with van der Waals surface area (Å²) in [6.45, 7) is 3.52. The number of halogens is 2. The van der Waals surface area contributed by atoms with E-state index in [1.165, 1.54) is 18.2 Å². The van der Waals surface area contributed by atoms with Crippen LogP contribution in [-0.2, 0) is 0 Å². The molecular weight excluding hydrogens is 317 g/mol. The van der Waals surface area contributed by atoms with E-state index in [1.54, 1.807) is 13.8 Å². The van der Waals surface area contributed by atoms with E-state index < -0.39 is 17.6 Å². The lowest BCUT2D eigenvalue weighted by molar-refractivity contribution is 0.239. The molecule has 0 unspecified atom stereocenters. The van der Waals surface area contributed by atoms with Crippen molar-refractivity contribution in [2.75, 3.05) is 0 Å². The number of aromatic nitrogens is 2. The molecule has 2 N–H and O–H groups in total. The second kappa shape index (κ2) is 5.83. The smallest absolute Gasteiger partial charge is 0.344 e. The van der Waals surface area contributed by atoms with Crippen molar-refractivity contribution in [3.8, 4) is 11.6 Å². The Balaban J connectivity index is 2.54. The van der Waals surface area contributed by atoms with Crippen molar-refractivity contribution >= 4 is 29.2 Å². The summed E-state index contributed by atoms with van der Waals surface area (Å²) in [5.41, 5.74) is -0.449. The van der Waals surface area contributed by atoms with Crippen LogP contribution >= 0.6 is 23.2 Å². The SMILES string of the molecule is CC(C)NC(=O)n1cc(O)n(-c2cc(Cl)cc(Cl)c2)c1=O. The van der Waals surface area contributed by atoms with Crippen LogP contribution in [0.15, 0.2) is 29.2 Å². The van der Waals surface area contributed by atoms with Gasteiger partial charge in [-0.05, 0) is 32.0 Å². The van der Waals surface area contributed by atoms with Crippen LogP contribution in [-0.4, -0.2) is 26.3 Å². The molecular formula is C13H13Cl2N3O3. The Bertz CT molecular complexity index is 729. The molecule has 0 aliphatic rings. The Hall–Kier alpha value is -1.92. The zero-order valence-electron chi connectivity index (χ0n) is 11.3. The minimum Gasteiger partial charge on any atom is -0.493 e. The van der Waals surface area contributed by atoms with Crippen LogP contribution in [0.1, 0.15) is 13.8 Å². The molecule has 112 valence electrons. The third-order valence-corrected chi connectivity index (χ3v) is 3.04. The van der Waals surface area contributed by atoms with Gasteiger partial charge < -0.3 is 10.4 Å². The quantitative estimate of drug-likeness (QED) is 0.889. The van der Waals surface area contributed by atoms with Gasteiger partial charge in [0, 0.05) is 16.1 Å². The van der Waals surface area contributed by atoms with E-state index in [2.05, 4.69) is 5.32 Å². The van der Waals surface area contributed by atoms with Gasteiger partial charge in [0.15, 0.2) is 0 Å². The summed E-state index contributed by atoms with van der Waals surface area (Å²) in [4.78, 5) is 24.1. The first-order chi connectivity index (χ1) is 9.79. The van der Waals surface area contributed by atoms with Crippen molar-refractivity contribution in [3.63, 3.8) is 0 Å². The second-order valence-corrected chi connectivity index (χ2v) is 5.58. The van der Waals surface area contributed by atoms with Crippen molar-refractivity contribution in [2.45, 2.75) is 19.9 Å². The van der Waals surface area contributed by atoms with E-state index in [4.69, 9.17) is 23.2 Å². The lowest BCUT2D eigenvalue weighted by Gasteiger charge is -2.07. The summed E-state index contributed by atoms with van der Waals surface area (Å²) in [6.07, 6.45) is 1.04. The number of hydrogen-bond acceptors (Lipinski definition) is 3. The Kier molecular flexibility index (Phi) is 4.29. The highest BCUT2D eigenvalue weighted by molar-refractivity contribution is 6.34. The highest BCUT2D eigenvalue weighted by atomic mass is 35.5. The average molecular weight is 330 g/mol. The Morgan fingerprint density at radius 3 is 2.33 bits per heavy atom. The van der Waals surface area contributed by atoms with Crippen molar-refractivity contribution in [1.29, 1.82) is 0 Å². The molecule has 0 saturated carbocycles. The maximum Gasteiger partial charge on any atom is 0.344 e. The van der Waals surface area contributed by atoms with Gasteiger partial charge in [0.1, 0.15) is 0 Å². The summed E-state index contributed by atoms with van der Waals surface area (Å²) in [7, 11) is 0. The van der Waals surface area contributed by atoms with Crippen LogP contribution in [0.4, 0.5) is 4.79 Å². The maximum atomic E-state index is 12.3. The fourth-order valence-electron chi connectivity index (χ4n) is 1.81. The molecule has 0 radical (unpaired) electrons. The predicted molar refractivity (Wildman–Crippen MR) is 80.8 cm³/mol. The minimum atomic E-state index is -0.719. The van der Waals surface area contributed by atoms with Crippen LogP contribution in [0, 0.1) is 0 Å². The molecule has 1 aromatic carbocycles. The highest BCUT2D eigenvalue weighted by Crippen LogP contribution is 2.23. The largest absolute Gasteiger partial charge is 0.493 e. The number of carbonyl (C=O) groups excluding carboxylic acids is 1. The van der Waals surface area contributed by atoms with E-state index in [0.29, 0.717) is 10.0 Å². The summed E-state index contributed by atoms with van der Waals surface area (Å²) >= 11 is 11.8. The Morgan fingerprint density at radius 1 is 1.24 bits per heavy atom. The summed E-state index contributed by atoms with van der Waals surface area (Å²) < 4.78 is 1.72. The van der Waals surface area contributed by atoms with Crippen molar-refractivity contribution in [2.24, 2.45) is 0 Å². The van der Waals surface area contributed by atoms with E-state index in [-0.39, 0.29) is 11.7 Å². The van der Waals surface area contributed by atoms with Gasteiger partial charge in [-0.2, -0.15) is 0 Å². The number of imidazole rings is 1. The van der Waals surface area contributed by atoms with E-state index in [0.717, 1.165) is 15.3 Å². The zero-order chi connectivity index (χ0) is 15.7. The highest BCUT2D eigenvalue weighted by Gasteiger charge is 2.18. The Morgan fingerprint density at radius 2 is 1.81 bits per heavy atom. The molecule has 0 aliphatic heterocycles. The number of hydrogen-bond donors (Lipinski definition) is 2. The van der Waals surface area contributed by atoms with Gasteiger partial charge in [0.2, 0.25) is 5.88 Å². The third kappa shape index (κ3) is 3.22. The maximum absolute atomic E-state index is 12.3. The van der Waals surface area contributed by atoms with Gasteiger partial charge in [-0.15, -0.1) is 0 Å². The lowest BCUT2D eigenvalue weighted by atomic mass is 10.3. The fourth-order valence-corrected chi connectivity index (χ4v) is 2.32. The molecule has 8 heteroatoms. The molecule has 1 heterocycles. The van der Waals surface area contributed by atoms with Crippen molar-refractivity contribution < 1.29 is 9.90 Å². The zero-order valence-corrected chi connectivity index (χ0v) is 12.8. The minimum absolute atomic E-state index is 0.143. The number of amides is 1. The van der Waals surface area contributed by atoms with Crippen LogP contribution < -0.4 is 11.0 Å². The van der Waals surface area contributed by atoms with E-state index in [1.807, 2.05) is 0 Å². The number of rotatable bonds is 2. The molecule has 0 spiro atoms. The fraction of sp³-hybridized carbons (Fsp3) is 0.231. The van der Waals surface area contributed by atoms with Gasteiger partial charge in [0.25, 0.3) is 0 Å². The summed E-state index contributed by atoms with van der Waals surface area (Å²) in [5.74, 6) is -0.391. The second-order valence-electron chi connectivity index (χ2n) is 4.71. The monoisotopic (exact) mass is 329 g/mol. The van der Waals surface area contributed by atoms with Gasteiger partial charge in [-0.25, -0.2) is 18.7 Å². The van der Waals surface area contributed by atoms with Crippen LogP contribution in [0.3, 0.4) is 0 Å². The number of aromatic hydroxyl groups is 1. The molecule has 0 bridgehead atoms. The number of nitrogens with one attached hydrogen (secondary N) is 1. The number of carbonyl (C=O) groups is 1. The average Bonchev–Trinajstić information content (AvgIpc) is 2.62. The summed E-state index contributed by atoms with van der Waals surface area (Å²) in [6, 6.07) is 3.64. The number of nitrogens with zero attached hydrogens (tertiary/aromatic N) is 2. The van der Waals surface area contributed by atoms with Crippen LogP contribution in [0.25, 0.3) is 5.69 Å². The first kappa shape index (κ1) is 15.5. The van der Waals surface area contributed by atoms with E-state index >= 15 is 0 Å². The molecule has 0 atom stereocenters. The topological polar surface area (TPSA) is 76.3 Å². The molecule has 2 rings (SSSR count). The molecule has 6 nitrogen and oxygen atoms in total. The normalized spacial score (nSPS) is 10.9. The third-order valence-electron chi connectivity index (χ3n) is 2.61. The first-order valence-corrected chi connectivity index (χ1v) is 6.86. The van der Waals surface area contributed by atoms with Gasteiger partial charge >= 0.3 is 11.7 Å². The van der Waals surface area contributed by atoms with Gasteiger partial charge in [-0.3, -0.25) is 0 Å². The summed E-state index contributed by atoms with van der Waals surface area (Å²) in [5, 5.41) is 13.1. The van der Waals surface area contributed by atoms with Crippen LogP contribution in [0.2, 0.25) is 10.0 Å². The molecule has 0 saturated heterocycles. The predicted octanol–water partition coefficient (Wildman–Crippen LogP) is 2.62. The molecule has 21 heavy (non-hydrogen) atoms. The van der Waals surface area contributed by atoms with E-state index in [9.17, 15) is 14.7 Å². The Labute approximate surface area is 130 Å². The molecule has 0 aliphatic carbocycles.